The maximum atomic E-state index is 11.0. The molecule has 1 aromatic rings. The number of nitro groups is 1. The molecule has 0 aliphatic carbocycles. The van der Waals surface area contributed by atoms with E-state index in [-0.39, 0.29) is 16.9 Å². The van der Waals surface area contributed by atoms with Crippen LogP contribution in [0.3, 0.4) is 0 Å². The Balaban J connectivity index is 2.45. The van der Waals surface area contributed by atoms with E-state index in [2.05, 4.69) is 16.9 Å². The number of nitrogens with zero attached hydrogens (tertiary/aromatic N) is 4. The van der Waals surface area contributed by atoms with Gasteiger partial charge in [-0.1, -0.05) is 18.5 Å². The minimum Gasteiger partial charge on any atom is -0.348 e. The molecule has 1 saturated heterocycles. The van der Waals surface area contributed by atoms with Crippen LogP contribution in [0.2, 0.25) is 5.15 Å². The lowest BCUT2D eigenvalue weighted by atomic mass is 10.1. The molecule has 0 amide bonds. The fourth-order valence-corrected chi connectivity index (χ4v) is 2.51. The fourth-order valence-electron chi connectivity index (χ4n) is 2.31. The van der Waals surface area contributed by atoms with Crippen molar-refractivity contribution in [2.75, 3.05) is 11.4 Å². The van der Waals surface area contributed by atoms with Gasteiger partial charge in [-0.25, -0.2) is 9.97 Å². The maximum Gasteiger partial charge on any atom is 0.348 e. The van der Waals surface area contributed by atoms with Gasteiger partial charge in [-0.2, -0.15) is 0 Å². The monoisotopic (exact) mass is 256 g/mol. The molecule has 0 bridgehead atoms. The van der Waals surface area contributed by atoms with Gasteiger partial charge in [-0.15, -0.1) is 0 Å². The summed E-state index contributed by atoms with van der Waals surface area (Å²) in [6.45, 7) is 4.91. The van der Waals surface area contributed by atoms with Gasteiger partial charge in [0.05, 0.1) is 4.92 Å². The number of aromatic nitrogens is 2. The van der Waals surface area contributed by atoms with E-state index in [9.17, 15) is 10.1 Å². The Morgan fingerprint density at radius 3 is 2.76 bits per heavy atom. The van der Waals surface area contributed by atoms with E-state index in [1.54, 1.807) is 0 Å². The molecule has 2 rings (SSSR count). The van der Waals surface area contributed by atoms with Crippen LogP contribution in [0.5, 0.6) is 0 Å². The van der Waals surface area contributed by atoms with Crippen molar-refractivity contribution in [3.8, 4) is 0 Å². The molecule has 0 saturated carbocycles. The van der Waals surface area contributed by atoms with Crippen molar-refractivity contribution >= 4 is 23.1 Å². The quantitative estimate of drug-likeness (QED) is 0.461. The molecule has 2 unspecified atom stereocenters. The average Bonchev–Trinajstić information content (AvgIpc) is 2.56. The minimum absolute atomic E-state index is 0.105. The zero-order chi connectivity index (χ0) is 12.6. The van der Waals surface area contributed by atoms with Crippen LogP contribution < -0.4 is 4.90 Å². The van der Waals surface area contributed by atoms with Crippen LogP contribution in [-0.2, 0) is 0 Å². The summed E-state index contributed by atoms with van der Waals surface area (Å²) in [6, 6.07) is 0.231. The molecular weight excluding hydrogens is 244 g/mol. The molecule has 0 radical (unpaired) electrons. The summed E-state index contributed by atoms with van der Waals surface area (Å²) in [4.78, 5) is 20.1. The molecule has 2 atom stereocenters. The predicted octanol–water partition coefficient (Wildman–Crippen LogP) is 2.27. The molecule has 92 valence electrons. The van der Waals surface area contributed by atoms with Crippen LogP contribution in [-0.4, -0.2) is 27.5 Å². The number of halogens is 1. The van der Waals surface area contributed by atoms with Gasteiger partial charge >= 0.3 is 5.69 Å². The van der Waals surface area contributed by atoms with Crippen molar-refractivity contribution in [3.63, 3.8) is 0 Å². The number of hydrogen-bond donors (Lipinski definition) is 0. The molecule has 1 aromatic heterocycles. The highest BCUT2D eigenvalue weighted by Gasteiger charge is 2.33. The molecule has 0 aromatic carbocycles. The molecule has 1 fully saturated rings. The summed E-state index contributed by atoms with van der Waals surface area (Å²) in [5.74, 6) is 0.824. The van der Waals surface area contributed by atoms with E-state index in [1.165, 1.54) is 6.33 Å². The smallest absolute Gasteiger partial charge is 0.348 e. The first-order chi connectivity index (χ1) is 8.00. The van der Waals surface area contributed by atoms with Gasteiger partial charge in [-0.3, -0.25) is 10.1 Å². The predicted molar refractivity (Wildman–Crippen MR) is 64.3 cm³/mol. The third-order valence-electron chi connectivity index (χ3n) is 3.00. The van der Waals surface area contributed by atoms with Gasteiger partial charge in [0.25, 0.3) is 0 Å². The third-order valence-corrected chi connectivity index (χ3v) is 3.27. The summed E-state index contributed by atoms with van der Waals surface area (Å²) in [5, 5.41) is 10.9. The van der Waals surface area contributed by atoms with Crippen LogP contribution >= 0.6 is 11.6 Å². The van der Waals surface area contributed by atoms with E-state index in [0.717, 1.165) is 13.0 Å². The van der Waals surface area contributed by atoms with Crippen LogP contribution in [0.15, 0.2) is 6.33 Å². The van der Waals surface area contributed by atoms with Crippen molar-refractivity contribution < 1.29 is 4.92 Å². The van der Waals surface area contributed by atoms with Crippen LogP contribution in [0.25, 0.3) is 0 Å². The average molecular weight is 257 g/mol. The summed E-state index contributed by atoms with van der Waals surface area (Å²) in [5.41, 5.74) is -0.199. The lowest BCUT2D eigenvalue weighted by molar-refractivity contribution is -0.384. The largest absolute Gasteiger partial charge is 0.348 e. The Hall–Kier alpha value is -1.43. The first-order valence-electron chi connectivity index (χ1n) is 5.42. The first kappa shape index (κ1) is 12.0. The number of anilines is 1. The normalized spacial score (nSPS) is 24.1. The van der Waals surface area contributed by atoms with E-state index < -0.39 is 4.92 Å². The summed E-state index contributed by atoms with van der Waals surface area (Å²) in [6.07, 6.45) is 2.26. The van der Waals surface area contributed by atoms with Crippen LogP contribution in [0.4, 0.5) is 11.5 Å². The Labute approximate surface area is 104 Å². The maximum absolute atomic E-state index is 11.0. The van der Waals surface area contributed by atoms with Crippen molar-refractivity contribution in [2.45, 2.75) is 26.3 Å². The lowest BCUT2D eigenvalue weighted by Crippen LogP contribution is -2.28. The van der Waals surface area contributed by atoms with E-state index in [1.807, 2.05) is 11.8 Å². The molecule has 1 aliphatic rings. The first-order valence-corrected chi connectivity index (χ1v) is 5.80. The van der Waals surface area contributed by atoms with Crippen molar-refractivity contribution in [1.29, 1.82) is 0 Å². The van der Waals surface area contributed by atoms with Gasteiger partial charge < -0.3 is 4.90 Å². The second-order valence-corrected chi connectivity index (χ2v) is 4.79. The second-order valence-electron chi connectivity index (χ2n) is 4.44. The Kier molecular flexibility index (Phi) is 3.15. The molecule has 7 heteroatoms. The third kappa shape index (κ3) is 2.17. The molecule has 6 nitrogen and oxygen atoms in total. The Bertz CT molecular complexity index is 454. The molecule has 17 heavy (non-hydrogen) atoms. The Morgan fingerprint density at radius 2 is 2.24 bits per heavy atom. The molecule has 2 heterocycles. The van der Waals surface area contributed by atoms with Crippen LogP contribution in [0, 0.1) is 16.0 Å². The topological polar surface area (TPSA) is 72.2 Å². The highest BCUT2D eigenvalue weighted by Crippen LogP contribution is 2.36. The fraction of sp³-hybridized carbons (Fsp3) is 0.600. The van der Waals surface area contributed by atoms with Gasteiger partial charge in [0.2, 0.25) is 11.0 Å². The highest BCUT2D eigenvalue weighted by atomic mass is 35.5. The van der Waals surface area contributed by atoms with Gasteiger partial charge in [0, 0.05) is 12.6 Å². The summed E-state index contributed by atoms with van der Waals surface area (Å²) >= 11 is 5.77. The standard InChI is InChI=1S/C10H13ClN4O2/c1-6-3-7(2)14(4-6)10-8(15(16)17)9(11)12-5-13-10/h5-7H,3-4H2,1-2H3. The zero-order valence-electron chi connectivity index (χ0n) is 9.63. The Morgan fingerprint density at radius 1 is 1.53 bits per heavy atom. The van der Waals surface area contributed by atoms with E-state index in [4.69, 9.17) is 11.6 Å². The SMILES string of the molecule is CC1CC(C)N(c2ncnc(Cl)c2[N+](=O)[O-])C1. The number of rotatable bonds is 2. The van der Waals surface area contributed by atoms with Crippen molar-refractivity contribution in [3.05, 3.63) is 21.6 Å². The van der Waals surface area contributed by atoms with Crippen LogP contribution in [0.1, 0.15) is 20.3 Å². The lowest BCUT2D eigenvalue weighted by Gasteiger charge is -2.21. The van der Waals surface area contributed by atoms with Gasteiger partial charge in [0.15, 0.2) is 0 Å². The molecule has 0 N–H and O–H groups in total. The highest BCUT2D eigenvalue weighted by molar-refractivity contribution is 6.31. The van der Waals surface area contributed by atoms with E-state index >= 15 is 0 Å². The summed E-state index contributed by atoms with van der Waals surface area (Å²) < 4.78 is 0. The number of hydrogen-bond acceptors (Lipinski definition) is 5. The second kappa shape index (κ2) is 4.44. The molecule has 1 aliphatic heterocycles. The van der Waals surface area contributed by atoms with Gasteiger partial charge in [-0.05, 0) is 19.3 Å². The summed E-state index contributed by atoms with van der Waals surface area (Å²) in [7, 11) is 0. The minimum atomic E-state index is -0.520. The van der Waals surface area contributed by atoms with E-state index in [0.29, 0.717) is 11.7 Å². The van der Waals surface area contributed by atoms with Gasteiger partial charge in [0.1, 0.15) is 6.33 Å². The zero-order valence-corrected chi connectivity index (χ0v) is 10.4. The van der Waals surface area contributed by atoms with Crippen molar-refractivity contribution in [2.24, 2.45) is 5.92 Å². The molecule has 0 spiro atoms. The molecular formula is C10H13ClN4O2. The van der Waals surface area contributed by atoms with Crippen molar-refractivity contribution in [1.82, 2.24) is 9.97 Å².